The number of benzene rings is 1. The smallest absolute Gasteiger partial charge is 0.0960 e. The summed E-state index contributed by atoms with van der Waals surface area (Å²) in [5, 5.41) is 0. The van der Waals surface area contributed by atoms with E-state index in [2.05, 4.69) is 39.7 Å². The minimum absolute atomic E-state index is 0.499. The van der Waals surface area contributed by atoms with Crippen molar-refractivity contribution in [1.29, 1.82) is 0 Å². The Hall–Kier alpha value is -1.39. The first-order chi connectivity index (χ1) is 9.76. The van der Waals surface area contributed by atoms with Gasteiger partial charge in [-0.2, -0.15) is 0 Å². The second-order valence-electron chi connectivity index (χ2n) is 6.42. The normalized spacial score (nSPS) is 27.5. The van der Waals surface area contributed by atoms with Gasteiger partial charge < -0.3 is 10.3 Å². The Balaban J connectivity index is 1.67. The summed E-state index contributed by atoms with van der Waals surface area (Å²) in [5.74, 6) is 0.629. The Labute approximate surface area is 119 Å². The third kappa shape index (κ3) is 1.95. The summed E-state index contributed by atoms with van der Waals surface area (Å²) in [6.45, 7) is 1.90. The maximum absolute atomic E-state index is 5.83. The number of nitrogens with zero attached hydrogens (tertiary/aromatic N) is 3. The van der Waals surface area contributed by atoms with Crippen LogP contribution < -0.4 is 5.73 Å². The Morgan fingerprint density at radius 3 is 2.90 bits per heavy atom. The molecule has 2 aromatic rings. The van der Waals surface area contributed by atoms with E-state index in [1.165, 1.54) is 30.3 Å². The minimum Gasteiger partial charge on any atom is -0.330 e. The highest BCUT2D eigenvalue weighted by Gasteiger charge is 2.30. The lowest BCUT2D eigenvalue weighted by Gasteiger charge is -2.19. The molecule has 1 saturated carbocycles. The number of nitrogens with two attached hydrogens (primary N) is 1. The predicted molar refractivity (Wildman–Crippen MR) is 80.5 cm³/mol. The van der Waals surface area contributed by atoms with Crippen molar-refractivity contribution in [1.82, 2.24) is 14.5 Å². The molecule has 20 heavy (non-hydrogen) atoms. The van der Waals surface area contributed by atoms with Crippen LogP contribution in [0.15, 0.2) is 24.5 Å². The van der Waals surface area contributed by atoms with Crippen LogP contribution in [0.5, 0.6) is 0 Å². The third-order valence-electron chi connectivity index (χ3n) is 4.89. The molecule has 0 spiro atoms. The van der Waals surface area contributed by atoms with Crippen LogP contribution in [0.1, 0.15) is 36.9 Å². The van der Waals surface area contributed by atoms with Crippen molar-refractivity contribution >= 4 is 11.0 Å². The highest BCUT2D eigenvalue weighted by atomic mass is 15.2. The van der Waals surface area contributed by atoms with Gasteiger partial charge in [-0.25, -0.2) is 4.98 Å². The first-order valence-electron chi connectivity index (χ1n) is 7.63. The fraction of sp³-hybridized carbons (Fsp3) is 0.562. The Morgan fingerprint density at radius 2 is 2.20 bits per heavy atom. The van der Waals surface area contributed by atoms with Crippen molar-refractivity contribution in [2.75, 3.05) is 20.1 Å². The van der Waals surface area contributed by atoms with Crippen molar-refractivity contribution in [3.8, 4) is 0 Å². The molecular weight excluding hydrogens is 248 g/mol. The molecule has 1 aromatic heterocycles. The van der Waals surface area contributed by atoms with Gasteiger partial charge in [0.1, 0.15) is 0 Å². The molecule has 0 amide bonds. The number of rotatable bonds is 3. The van der Waals surface area contributed by atoms with E-state index in [0.717, 1.165) is 18.6 Å². The SMILES string of the molecule is CN1CC(CN)CC1c1ccc2c(c1)ncn2C1CC1. The number of fused-ring (bicyclic) bond motifs is 1. The van der Waals surface area contributed by atoms with Crippen molar-refractivity contribution in [3.05, 3.63) is 30.1 Å². The second-order valence-corrected chi connectivity index (χ2v) is 6.42. The van der Waals surface area contributed by atoms with Gasteiger partial charge in [0.15, 0.2) is 0 Å². The molecule has 2 atom stereocenters. The summed E-state index contributed by atoms with van der Waals surface area (Å²) < 4.78 is 2.33. The molecule has 1 saturated heterocycles. The van der Waals surface area contributed by atoms with Crippen molar-refractivity contribution in [2.45, 2.75) is 31.3 Å². The van der Waals surface area contributed by atoms with Crippen LogP contribution in [0.4, 0.5) is 0 Å². The largest absolute Gasteiger partial charge is 0.330 e. The van der Waals surface area contributed by atoms with Crippen LogP contribution in [0, 0.1) is 5.92 Å². The van der Waals surface area contributed by atoms with Crippen LogP contribution >= 0.6 is 0 Å². The van der Waals surface area contributed by atoms with Crippen molar-refractivity contribution < 1.29 is 0 Å². The molecule has 1 aliphatic carbocycles. The summed E-state index contributed by atoms with van der Waals surface area (Å²) in [4.78, 5) is 7.02. The Morgan fingerprint density at radius 1 is 1.35 bits per heavy atom. The van der Waals surface area contributed by atoms with Crippen LogP contribution in [0.2, 0.25) is 0 Å². The lowest BCUT2D eigenvalue weighted by atomic mass is 9.99. The first-order valence-corrected chi connectivity index (χ1v) is 7.63. The van der Waals surface area contributed by atoms with Crippen molar-refractivity contribution in [2.24, 2.45) is 11.7 Å². The maximum Gasteiger partial charge on any atom is 0.0960 e. The van der Waals surface area contributed by atoms with Crippen LogP contribution in [0.3, 0.4) is 0 Å². The number of imidazole rings is 1. The molecular formula is C16H22N4. The van der Waals surface area contributed by atoms with E-state index in [9.17, 15) is 0 Å². The van der Waals surface area contributed by atoms with Gasteiger partial charge in [-0.05, 0) is 56.5 Å². The van der Waals surface area contributed by atoms with Gasteiger partial charge in [-0.15, -0.1) is 0 Å². The van der Waals surface area contributed by atoms with Gasteiger partial charge in [0.2, 0.25) is 0 Å². The maximum atomic E-state index is 5.83. The molecule has 4 nitrogen and oxygen atoms in total. The zero-order valence-electron chi connectivity index (χ0n) is 12.0. The molecule has 0 bridgehead atoms. The Bertz CT molecular complexity index is 628. The quantitative estimate of drug-likeness (QED) is 0.931. The number of hydrogen-bond donors (Lipinski definition) is 1. The molecule has 2 unspecified atom stereocenters. The van der Waals surface area contributed by atoms with E-state index in [1.807, 2.05) is 6.33 Å². The number of aromatic nitrogens is 2. The Kier molecular flexibility index (Phi) is 2.82. The minimum atomic E-state index is 0.499. The zero-order valence-corrected chi connectivity index (χ0v) is 12.0. The van der Waals surface area contributed by atoms with E-state index in [1.54, 1.807) is 0 Å². The van der Waals surface area contributed by atoms with E-state index in [4.69, 9.17) is 5.73 Å². The summed E-state index contributed by atoms with van der Waals surface area (Å²) in [6, 6.07) is 8.00. The molecule has 2 aliphatic rings. The van der Waals surface area contributed by atoms with Crippen LogP contribution in [-0.4, -0.2) is 34.6 Å². The fourth-order valence-electron chi connectivity index (χ4n) is 3.57. The standard InChI is InChI=1S/C16H22N4/c1-19-9-11(8-17)6-16(19)12-2-5-15-14(7-12)18-10-20(15)13-3-4-13/h2,5,7,10-11,13,16H,3-4,6,8-9,17H2,1H3. The molecule has 1 aromatic carbocycles. The fourth-order valence-corrected chi connectivity index (χ4v) is 3.57. The highest BCUT2D eigenvalue weighted by Crippen LogP contribution is 2.38. The molecule has 1 aliphatic heterocycles. The lowest BCUT2D eigenvalue weighted by molar-refractivity contribution is 0.314. The molecule has 2 N–H and O–H groups in total. The van der Waals surface area contributed by atoms with Crippen molar-refractivity contribution in [3.63, 3.8) is 0 Å². The van der Waals surface area contributed by atoms with E-state index >= 15 is 0 Å². The third-order valence-corrected chi connectivity index (χ3v) is 4.89. The molecule has 2 heterocycles. The van der Waals surface area contributed by atoms with Gasteiger partial charge in [-0.3, -0.25) is 4.90 Å². The van der Waals surface area contributed by atoms with E-state index in [0.29, 0.717) is 18.0 Å². The van der Waals surface area contributed by atoms with Gasteiger partial charge in [0, 0.05) is 18.6 Å². The lowest BCUT2D eigenvalue weighted by Crippen LogP contribution is -2.20. The average Bonchev–Trinajstić information content (AvgIpc) is 3.10. The van der Waals surface area contributed by atoms with Gasteiger partial charge in [0.25, 0.3) is 0 Å². The van der Waals surface area contributed by atoms with Gasteiger partial charge in [-0.1, -0.05) is 6.07 Å². The molecule has 4 rings (SSSR count). The van der Waals surface area contributed by atoms with E-state index in [-0.39, 0.29) is 0 Å². The second kappa shape index (κ2) is 4.57. The van der Waals surface area contributed by atoms with E-state index < -0.39 is 0 Å². The summed E-state index contributed by atoms with van der Waals surface area (Å²) in [7, 11) is 2.20. The molecule has 4 heteroatoms. The number of likely N-dealkylation sites (tertiary alicyclic amines) is 1. The average molecular weight is 270 g/mol. The predicted octanol–water partition coefficient (Wildman–Crippen LogP) is 2.32. The topological polar surface area (TPSA) is 47.1 Å². The summed E-state index contributed by atoms with van der Waals surface area (Å²) >= 11 is 0. The molecule has 106 valence electrons. The number of hydrogen-bond acceptors (Lipinski definition) is 3. The van der Waals surface area contributed by atoms with Crippen LogP contribution in [-0.2, 0) is 0 Å². The molecule has 2 fully saturated rings. The molecule has 0 radical (unpaired) electrons. The summed E-state index contributed by atoms with van der Waals surface area (Å²) in [5.41, 5.74) is 9.64. The zero-order chi connectivity index (χ0) is 13.7. The highest BCUT2D eigenvalue weighted by molar-refractivity contribution is 5.76. The van der Waals surface area contributed by atoms with Crippen LogP contribution in [0.25, 0.3) is 11.0 Å². The monoisotopic (exact) mass is 270 g/mol. The van der Waals surface area contributed by atoms with Gasteiger partial charge in [0.05, 0.1) is 17.4 Å². The summed E-state index contributed by atoms with van der Waals surface area (Å²) in [6.07, 6.45) is 5.78. The first kappa shape index (κ1) is 12.4. The van der Waals surface area contributed by atoms with Gasteiger partial charge >= 0.3 is 0 Å².